The Labute approximate surface area is 154 Å². The number of hydrogen-bond acceptors (Lipinski definition) is 5. The van der Waals surface area contributed by atoms with Crippen molar-refractivity contribution < 1.29 is 27.9 Å². The van der Waals surface area contributed by atoms with Crippen molar-refractivity contribution in [2.24, 2.45) is 18.9 Å². The van der Waals surface area contributed by atoms with E-state index in [0.717, 1.165) is 12.8 Å². The molecule has 10 heteroatoms. The maximum absolute atomic E-state index is 13.2. The molecule has 3 atom stereocenters. The van der Waals surface area contributed by atoms with Crippen LogP contribution in [-0.2, 0) is 21.4 Å². The molecule has 0 saturated carbocycles. The number of halogens is 2. The molecule has 0 N–H and O–H groups in total. The van der Waals surface area contributed by atoms with Gasteiger partial charge in [-0.25, -0.2) is 13.8 Å². The Kier molecular flexibility index (Phi) is 4.85. The maximum Gasteiger partial charge on any atom is 0.282 e. The van der Waals surface area contributed by atoms with Gasteiger partial charge in [0.1, 0.15) is 5.69 Å². The minimum atomic E-state index is -2.82. The van der Waals surface area contributed by atoms with E-state index in [0.29, 0.717) is 26.3 Å². The third kappa shape index (κ3) is 3.31. The van der Waals surface area contributed by atoms with Crippen molar-refractivity contribution in [1.29, 1.82) is 0 Å². The molecule has 4 heterocycles. The van der Waals surface area contributed by atoms with Gasteiger partial charge in [0.05, 0.1) is 30.8 Å². The number of hydroxylamine groups is 2. The summed E-state index contributed by atoms with van der Waals surface area (Å²) in [7, 11) is 1.50. The van der Waals surface area contributed by atoms with E-state index in [-0.39, 0.29) is 36.0 Å². The van der Waals surface area contributed by atoms with Crippen LogP contribution in [-0.4, -0.2) is 70.5 Å². The van der Waals surface area contributed by atoms with Gasteiger partial charge in [-0.3, -0.25) is 19.1 Å². The van der Waals surface area contributed by atoms with Crippen LogP contribution in [0.3, 0.4) is 0 Å². The molecular formula is C17H22F2N4O4. The van der Waals surface area contributed by atoms with Crippen LogP contribution in [0.4, 0.5) is 8.78 Å². The fraction of sp³-hybridized carbons (Fsp3) is 0.706. The third-order valence-corrected chi connectivity index (χ3v) is 5.46. The first kappa shape index (κ1) is 18.3. The summed E-state index contributed by atoms with van der Waals surface area (Å²) in [5.41, 5.74) is -0.621. The summed E-state index contributed by atoms with van der Waals surface area (Å²) in [6.07, 6.45) is 0.0448. The predicted octanol–water partition coefficient (Wildman–Crippen LogP) is 0.999. The average Bonchev–Trinajstić information content (AvgIpc) is 3.34. The average molecular weight is 384 g/mol. The van der Waals surface area contributed by atoms with Gasteiger partial charge < -0.3 is 9.64 Å². The van der Waals surface area contributed by atoms with E-state index >= 15 is 0 Å². The van der Waals surface area contributed by atoms with Crippen LogP contribution in [0.1, 0.15) is 35.3 Å². The van der Waals surface area contributed by atoms with E-state index in [2.05, 4.69) is 5.10 Å². The van der Waals surface area contributed by atoms with Crippen molar-refractivity contribution in [1.82, 2.24) is 19.7 Å². The Balaban J connectivity index is 1.46. The number of carbonyl (C=O) groups is 2. The number of likely N-dealkylation sites (tertiary alicyclic amines) is 1. The standard InChI is InChI=1S/C17H22F2N4O4/c1-21-6-11(14(20-21)15(18)19)16(24)22-7-10-12(9-26-13(10)8-22)17(25)23-4-2-3-5-27-23/h6,10,12-13,15H,2-5,7-9H2,1H3/t10-,12+,13-/m1/s1. The fourth-order valence-corrected chi connectivity index (χ4v) is 4.09. The monoisotopic (exact) mass is 384 g/mol. The number of ether oxygens (including phenoxy) is 1. The van der Waals surface area contributed by atoms with Gasteiger partial charge in [-0.2, -0.15) is 5.10 Å². The van der Waals surface area contributed by atoms with E-state index in [1.807, 2.05) is 0 Å². The highest BCUT2D eigenvalue weighted by Gasteiger charge is 2.49. The topological polar surface area (TPSA) is 76.9 Å². The van der Waals surface area contributed by atoms with Crippen LogP contribution < -0.4 is 0 Å². The molecule has 0 aliphatic carbocycles. The molecule has 0 radical (unpaired) electrons. The number of aryl methyl sites for hydroxylation is 1. The van der Waals surface area contributed by atoms with Crippen molar-refractivity contribution in [3.63, 3.8) is 0 Å². The molecule has 148 valence electrons. The second kappa shape index (κ2) is 7.16. The van der Waals surface area contributed by atoms with Gasteiger partial charge in [-0.05, 0) is 12.8 Å². The first-order valence-electron chi connectivity index (χ1n) is 9.12. The molecule has 0 bridgehead atoms. The fourth-order valence-electron chi connectivity index (χ4n) is 4.09. The number of carbonyl (C=O) groups excluding carboxylic acids is 2. The lowest BCUT2D eigenvalue weighted by atomic mass is 9.92. The minimum Gasteiger partial charge on any atom is -0.375 e. The van der Waals surface area contributed by atoms with Crippen LogP contribution in [0, 0.1) is 11.8 Å². The summed E-state index contributed by atoms with van der Waals surface area (Å²) in [5.74, 6) is -1.16. The Morgan fingerprint density at radius 3 is 2.81 bits per heavy atom. The Bertz CT molecular complexity index is 735. The highest BCUT2D eigenvalue weighted by molar-refractivity contribution is 5.95. The molecule has 3 saturated heterocycles. The van der Waals surface area contributed by atoms with Gasteiger partial charge in [0.25, 0.3) is 18.2 Å². The lowest BCUT2D eigenvalue weighted by Crippen LogP contribution is -2.43. The van der Waals surface area contributed by atoms with E-state index in [1.54, 1.807) is 0 Å². The van der Waals surface area contributed by atoms with Crippen molar-refractivity contribution in [2.45, 2.75) is 25.4 Å². The first-order valence-corrected chi connectivity index (χ1v) is 9.12. The molecule has 3 aliphatic heterocycles. The summed E-state index contributed by atoms with van der Waals surface area (Å²) in [6.45, 7) is 1.96. The molecule has 0 unspecified atom stereocenters. The predicted molar refractivity (Wildman–Crippen MR) is 87.7 cm³/mol. The molecular weight excluding hydrogens is 362 g/mol. The van der Waals surface area contributed by atoms with Crippen LogP contribution >= 0.6 is 0 Å². The number of rotatable bonds is 3. The second-order valence-electron chi connectivity index (χ2n) is 7.24. The highest BCUT2D eigenvalue weighted by Crippen LogP contribution is 2.36. The number of hydrogen-bond donors (Lipinski definition) is 0. The van der Waals surface area contributed by atoms with Crippen molar-refractivity contribution in [2.75, 3.05) is 32.8 Å². The Hall–Kier alpha value is -2.07. The molecule has 8 nitrogen and oxygen atoms in total. The zero-order valence-electron chi connectivity index (χ0n) is 15.0. The zero-order valence-corrected chi connectivity index (χ0v) is 15.0. The molecule has 1 aromatic heterocycles. The number of amides is 2. The van der Waals surface area contributed by atoms with Crippen LogP contribution in [0.2, 0.25) is 0 Å². The van der Waals surface area contributed by atoms with E-state index in [1.165, 1.54) is 27.9 Å². The summed E-state index contributed by atoms with van der Waals surface area (Å²) < 4.78 is 33.3. The smallest absolute Gasteiger partial charge is 0.282 e. The maximum atomic E-state index is 13.2. The van der Waals surface area contributed by atoms with Gasteiger partial charge in [0.15, 0.2) is 0 Å². The summed E-state index contributed by atoms with van der Waals surface area (Å²) in [6, 6.07) is 0. The molecule has 27 heavy (non-hydrogen) atoms. The number of alkyl halides is 2. The van der Waals surface area contributed by atoms with Crippen molar-refractivity contribution in [3.05, 3.63) is 17.5 Å². The molecule has 2 amide bonds. The zero-order chi connectivity index (χ0) is 19.1. The minimum absolute atomic E-state index is 0.102. The lowest BCUT2D eigenvalue weighted by molar-refractivity contribution is -0.202. The van der Waals surface area contributed by atoms with Gasteiger partial charge in [-0.15, -0.1) is 0 Å². The van der Waals surface area contributed by atoms with Crippen molar-refractivity contribution in [3.8, 4) is 0 Å². The molecule has 1 aromatic rings. The van der Waals surface area contributed by atoms with Crippen LogP contribution in [0.5, 0.6) is 0 Å². The van der Waals surface area contributed by atoms with Gasteiger partial charge in [0.2, 0.25) is 0 Å². The Morgan fingerprint density at radius 2 is 2.11 bits per heavy atom. The second-order valence-corrected chi connectivity index (χ2v) is 7.24. The SMILES string of the molecule is Cn1cc(C(=O)N2C[C@@H]3[C@@H](C(=O)N4CCCCO4)CO[C@@H]3C2)c(C(F)F)n1. The van der Waals surface area contributed by atoms with Gasteiger partial charge >= 0.3 is 0 Å². The van der Waals surface area contributed by atoms with Gasteiger partial charge in [0, 0.05) is 38.8 Å². The van der Waals surface area contributed by atoms with E-state index in [9.17, 15) is 18.4 Å². The summed E-state index contributed by atoms with van der Waals surface area (Å²) in [4.78, 5) is 32.4. The quantitative estimate of drug-likeness (QED) is 0.777. The van der Waals surface area contributed by atoms with Crippen molar-refractivity contribution >= 4 is 11.8 Å². The normalized spacial score (nSPS) is 28.1. The van der Waals surface area contributed by atoms with Gasteiger partial charge in [-0.1, -0.05) is 0 Å². The summed E-state index contributed by atoms with van der Waals surface area (Å²) in [5, 5.41) is 5.09. The molecule has 3 fully saturated rings. The number of fused-ring (bicyclic) bond motifs is 1. The van der Waals surface area contributed by atoms with E-state index < -0.39 is 18.0 Å². The molecule has 4 rings (SSSR count). The first-order chi connectivity index (χ1) is 13.0. The Morgan fingerprint density at radius 1 is 1.30 bits per heavy atom. The summed E-state index contributed by atoms with van der Waals surface area (Å²) >= 11 is 0. The van der Waals surface area contributed by atoms with Crippen LogP contribution in [0.15, 0.2) is 6.20 Å². The lowest BCUT2D eigenvalue weighted by Gasteiger charge is -2.29. The third-order valence-electron chi connectivity index (χ3n) is 5.46. The number of nitrogens with zero attached hydrogens (tertiary/aromatic N) is 4. The highest BCUT2D eigenvalue weighted by atomic mass is 19.3. The largest absolute Gasteiger partial charge is 0.375 e. The number of aromatic nitrogens is 2. The molecule has 0 spiro atoms. The van der Waals surface area contributed by atoms with E-state index in [4.69, 9.17) is 9.57 Å². The van der Waals surface area contributed by atoms with Crippen LogP contribution in [0.25, 0.3) is 0 Å². The molecule has 0 aromatic carbocycles. The molecule has 3 aliphatic rings.